The Morgan fingerprint density at radius 3 is 2.69 bits per heavy atom. The minimum Gasteiger partial charge on any atom is -0.467 e. The second kappa shape index (κ2) is 4.39. The lowest BCUT2D eigenvalue weighted by Crippen LogP contribution is -2.12. The SMILES string of the molecule is Cc1ccoc1C(N)c1ccc(F)c(Br)c1. The summed E-state index contributed by atoms with van der Waals surface area (Å²) in [4.78, 5) is 0. The fourth-order valence-corrected chi connectivity index (χ4v) is 1.96. The Morgan fingerprint density at radius 2 is 2.12 bits per heavy atom. The summed E-state index contributed by atoms with van der Waals surface area (Å²) in [5.41, 5.74) is 7.85. The van der Waals surface area contributed by atoms with Gasteiger partial charge >= 0.3 is 0 Å². The van der Waals surface area contributed by atoms with Gasteiger partial charge in [0.15, 0.2) is 0 Å². The summed E-state index contributed by atoms with van der Waals surface area (Å²) in [7, 11) is 0. The van der Waals surface area contributed by atoms with Gasteiger partial charge in [-0.3, -0.25) is 0 Å². The maximum Gasteiger partial charge on any atom is 0.137 e. The zero-order valence-corrected chi connectivity index (χ0v) is 10.3. The quantitative estimate of drug-likeness (QED) is 0.916. The Kier molecular flexibility index (Phi) is 3.12. The van der Waals surface area contributed by atoms with E-state index in [-0.39, 0.29) is 11.9 Å². The molecule has 4 heteroatoms. The van der Waals surface area contributed by atoms with Crippen LogP contribution in [0.3, 0.4) is 0 Å². The second-order valence-electron chi connectivity index (χ2n) is 3.62. The van der Waals surface area contributed by atoms with Crippen molar-refractivity contribution in [2.75, 3.05) is 0 Å². The first-order chi connectivity index (χ1) is 7.59. The Bertz CT molecular complexity index is 509. The second-order valence-corrected chi connectivity index (χ2v) is 4.47. The molecule has 2 aromatic rings. The van der Waals surface area contributed by atoms with Crippen molar-refractivity contribution in [3.63, 3.8) is 0 Å². The van der Waals surface area contributed by atoms with Crippen LogP contribution in [0.25, 0.3) is 0 Å². The molecule has 0 spiro atoms. The zero-order chi connectivity index (χ0) is 11.7. The first kappa shape index (κ1) is 11.4. The van der Waals surface area contributed by atoms with Crippen molar-refractivity contribution < 1.29 is 8.81 Å². The van der Waals surface area contributed by atoms with E-state index in [1.54, 1.807) is 18.4 Å². The third-order valence-corrected chi connectivity index (χ3v) is 3.09. The van der Waals surface area contributed by atoms with E-state index in [4.69, 9.17) is 10.2 Å². The molecule has 0 aliphatic carbocycles. The van der Waals surface area contributed by atoms with Gasteiger partial charge in [-0.2, -0.15) is 0 Å². The number of benzene rings is 1. The average Bonchev–Trinajstić information content (AvgIpc) is 2.67. The predicted octanol–water partition coefficient (Wildman–Crippen LogP) is 3.54. The molecule has 1 aromatic heterocycles. The van der Waals surface area contributed by atoms with Crippen LogP contribution in [0.5, 0.6) is 0 Å². The Hall–Kier alpha value is -1.13. The van der Waals surface area contributed by atoms with Gasteiger partial charge in [-0.25, -0.2) is 4.39 Å². The van der Waals surface area contributed by atoms with Crippen molar-refractivity contribution in [1.82, 2.24) is 0 Å². The molecule has 1 heterocycles. The Labute approximate surface area is 101 Å². The maximum absolute atomic E-state index is 13.1. The summed E-state index contributed by atoms with van der Waals surface area (Å²) in [6, 6.07) is 6.20. The van der Waals surface area contributed by atoms with E-state index in [1.807, 2.05) is 13.0 Å². The predicted molar refractivity (Wildman–Crippen MR) is 63.6 cm³/mol. The summed E-state index contributed by atoms with van der Waals surface area (Å²) in [5.74, 6) is 0.408. The van der Waals surface area contributed by atoms with Gasteiger partial charge in [0.2, 0.25) is 0 Å². The standard InChI is InChI=1S/C12H11BrFNO/c1-7-4-5-16-12(7)11(15)8-2-3-10(14)9(13)6-8/h2-6,11H,15H2,1H3. The van der Waals surface area contributed by atoms with Gasteiger partial charge in [0, 0.05) is 0 Å². The molecule has 0 saturated carbocycles. The third-order valence-electron chi connectivity index (χ3n) is 2.49. The van der Waals surface area contributed by atoms with Crippen LogP contribution in [0, 0.1) is 12.7 Å². The Balaban J connectivity index is 2.38. The number of aryl methyl sites for hydroxylation is 1. The molecular formula is C12H11BrFNO. The molecule has 1 aromatic carbocycles. The monoisotopic (exact) mass is 283 g/mol. The number of hydrogen-bond donors (Lipinski definition) is 1. The minimum atomic E-state index is -0.369. The summed E-state index contributed by atoms with van der Waals surface area (Å²) < 4.78 is 18.8. The number of nitrogens with two attached hydrogens (primary N) is 1. The first-order valence-electron chi connectivity index (χ1n) is 4.84. The van der Waals surface area contributed by atoms with Crippen LogP contribution in [0.2, 0.25) is 0 Å². The van der Waals surface area contributed by atoms with E-state index >= 15 is 0 Å². The highest BCUT2D eigenvalue weighted by molar-refractivity contribution is 9.10. The topological polar surface area (TPSA) is 39.2 Å². The smallest absolute Gasteiger partial charge is 0.137 e. The van der Waals surface area contributed by atoms with Crippen molar-refractivity contribution in [3.05, 3.63) is 57.7 Å². The van der Waals surface area contributed by atoms with E-state index in [1.165, 1.54) is 6.07 Å². The van der Waals surface area contributed by atoms with Crippen LogP contribution in [0.1, 0.15) is 22.9 Å². The molecule has 0 radical (unpaired) electrons. The molecule has 0 aliphatic heterocycles. The molecule has 0 bridgehead atoms. The number of halogens is 2. The van der Waals surface area contributed by atoms with Crippen molar-refractivity contribution in [2.45, 2.75) is 13.0 Å². The Morgan fingerprint density at radius 1 is 1.38 bits per heavy atom. The minimum absolute atomic E-state index is 0.299. The molecule has 0 saturated heterocycles. The van der Waals surface area contributed by atoms with Gasteiger partial charge in [-0.15, -0.1) is 0 Å². The van der Waals surface area contributed by atoms with Crippen molar-refractivity contribution >= 4 is 15.9 Å². The molecule has 0 fully saturated rings. The van der Waals surface area contributed by atoms with E-state index in [0.717, 1.165) is 11.1 Å². The normalized spacial score (nSPS) is 12.8. The number of hydrogen-bond acceptors (Lipinski definition) is 2. The van der Waals surface area contributed by atoms with Crippen LogP contribution in [-0.2, 0) is 0 Å². The molecule has 1 atom stereocenters. The largest absolute Gasteiger partial charge is 0.467 e. The summed E-state index contributed by atoms with van der Waals surface area (Å²) in [6.45, 7) is 1.93. The van der Waals surface area contributed by atoms with Crippen LogP contribution in [0.4, 0.5) is 4.39 Å². The first-order valence-corrected chi connectivity index (χ1v) is 5.63. The molecule has 0 amide bonds. The van der Waals surface area contributed by atoms with Gasteiger partial charge in [0.1, 0.15) is 11.6 Å². The highest BCUT2D eigenvalue weighted by Crippen LogP contribution is 2.26. The lowest BCUT2D eigenvalue weighted by molar-refractivity contribution is 0.486. The van der Waals surface area contributed by atoms with E-state index in [2.05, 4.69) is 15.9 Å². The van der Waals surface area contributed by atoms with Crippen molar-refractivity contribution in [3.8, 4) is 0 Å². The summed E-state index contributed by atoms with van der Waals surface area (Å²) >= 11 is 3.13. The maximum atomic E-state index is 13.1. The average molecular weight is 284 g/mol. The highest BCUT2D eigenvalue weighted by Gasteiger charge is 2.15. The van der Waals surface area contributed by atoms with E-state index < -0.39 is 0 Å². The molecule has 2 N–H and O–H groups in total. The van der Waals surface area contributed by atoms with Gasteiger partial charge in [0.25, 0.3) is 0 Å². The fourth-order valence-electron chi connectivity index (χ4n) is 1.56. The van der Waals surface area contributed by atoms with Gasteiger partial charge in [0.05, 0.1) is 16.8 Å². The van der Waals surface area contributed by atoms with Gasteiger partial charge < -0.3 is 10.2 Å². The zero-order valence-electron chi connectivity index (χ0n) is 8.71. The molecule has 1 unspecified atom stereocenters. The van der Waals surface area contributed by atoms with Crippen LogP contribution >= 0.6 is 15.9 Å². The molecule has 2 rings (SSSR count). The molecular weight excluding hydrogens is 273 g/mol. The third kappa shape index (κ3) is 2.03. The lowest BCUT2D eigenvalue weighted by atomic mass is 10.0. The van der Waals surface area contributed by atoms with Crippen LogP contribution < -0.4 is 5.73 Å². The van der Waals surface area contributed by atoms with Crippen molar-refractivity contribution in [1.29, 1.82) is 0 Å². The summed E-state index contributed by atoms with van der Waals surface area (Å²) in [6.07, 6.45) is 1.60. The van der Waals surface area contributed by atoms with E-state index in [0.29, 0.717) is 10.2 Å². The lowest BCUT2D eigenvalue weighted by Gasteiger charge is -2.11. The van der Waals surface area contributed by atoms with Crippen molar-refractivity contribution in [2.24, 2.45) is 5.73 Å². The number of furan rings is 1. The van der Waals surface area contributed by atoms with Gasteiger partial charge in [-0.1, -0.05) is 6.07 Å². The molecule has 0 aliphatic rings. The highest BCUT2D eigenvalue weighted by atomic mass is 79.9. The molecule has 84 valence electrons. The number of rotatable bonds is 2. The molecule has 16 heavy (non-hydrogen) atoms. The molecule has 2 nitrogen and oxygen atoms in total. The summed E-state index contributed by atoms with van der Waals surface area (Å²) in [5, 5.41) is 0. The van der Waals surface area contributed by atoms with E-state index in [9.17, 15) is 4.39 Å². The fraction of sp³-hybridized carbons (Fsp3) is 0.167. The van der Waals surface area contributed by atoms with Crippen LogP contribution in [-0.4, -0.2) is 0 Å². The van der Waals surface area contributed by atoms with Crippen LogP contribution in [0.15, 0.2) is 39.4 Å². The van der Waals surface area contributed by atoms with Gasteiger partial charge in [-0.05, 0) is 52.2 Å².